The molecule has 776 valence electrons. The number of thiophene rings is 4. The Morgan fingerprint density at radius 3 is 1.02 bits per heavy atom. The van der Waals surface area contributed by atoms with Crippen LogP contribution in [0.2, 0.25) is 20.6 Å². The van der Waals surface area contributed by atoms with E-state index in [4.69, 9.17) is 56.4 Å². The Kier molecular flexibility index (Phi) is 44.5. The standard InChI is InChI=1S/C28H35ClN6O3S.C27H36ClN5O4S.C25H32ClN5O2S.C23H32ClN5O3S/c1-19-16-25(29)31-21(3)26(19)27(36)30-10-4-20(2)33-11-7-24(8-12-33)35(17-22-9-15-39-18-22)28(37)32-23-5-13-34(38)14-6-23;1-18-14-23(28)30-20(3)25(18)26(35)29-8-4-19(2)31-9-5-22(6-10-31)33(15-21-7-13-38-17-21)24(34)16-32-11-12-37-27(32)36;1-17-14-22(26)29-19(3)24(17)25(33)28-10-5-18(2)30-11-6-21(7-12-30)31(23(32)4-9-27)15-20-8-13-34-16-20;1-15-12-20(24)26-17(3)21(15)22(30)25-8-4-16(2)28-9-5-19(6-10-28)29(23(31)27-32)13-18-7-11-33-14-18/h5-6,9,13-16,18,20,24,38H,4,7-8,10-12,17H2,1-3H3,(H,30,36);7,13-14,17,19,22H,4-6,8-12,15-16H2,1-3H3,(H,29,35);8,13-14,16,18,21H,4-7,10-12,15H2,1-3H3,(H,28,33);7,11-12,14,16,19,32H,4-6,8-10,13H2,1-3H3,(H,25,30)(H,27,31)/t20-;19-;18-;16-/m1111/s1. The van der Waals surface area contributed by atoms with Gasteiger partial charge in [-0.05, 0) is 308 Å². The van der Waals surface area contributed by atoms with Gasteiger partial charge in [0.1, 0.15) is 40.2 Å². The van der Waals surface area contributed by atoms with Gasteiger partial charge in [-0.25, -0.2) is 44.5 Å². The van der Waals surface area contributed by atoms with Gasteiger partial charge in [-0.3, -0.25) is 38.9 Å². The molecule has 5 saturated heterocycles. The number of amides is 11. The van der Waals surface area contributed by atoms with Crippen molar-refractivity contribution in [3.05, 3.63) is 232 Å². The van der Waals surface area contributed by atoms with Crippen LogP contribution in [-0.2, 0) is 40.5 Å². The molecule has 0 unspecified atom stereocenters. The van der Waals surface area contributed by atoms with Gasteiger partial charge < -0.3 is 70.4 Å². The van der Waals surface area contributed by atoms with Crippen LogP contribution in [-0.4, -0.2) is 279 Å². The number of urea groups is 2. The molecule has 144 heavy (non-hydrogen) atoms. The van der Waals surface area contributed by atoms with Crippen LogP contribution in [0.5, 0.6) is 0 Å². The summed E-state index contributed by atoms with van der Waals surface area (Å²) in [4.78, 5) is 154. The quantitative estimate of drug-likeness (QED) is 0.00839. The van der Waals surface area contributed by atoms with Crippen molar-refractivity contribution in [1.29, 1.82) is 5.26 Å². The van der Waals surface area contributed by atoms with Gasteiger partial charge >= 0.3 is 18.2 Å². The number of piperidine rings is 4. The maximum atomic E-state index is 13.3. The number of ether oxygens (including phenoxy) is 1. The van der Waals surface area contributed by atoms with Crippen molar-refractivity contribution in [1.82, 2.24) is 95.5 Å². The van der Waals surface area contributed by atoms with Gasteiger partial charge in [0.25, 0.3) is 23.6 Å². The van der Waals surface area contributed by atoms with Gasteiger partial charge in [-0.15, -0.1) is 0 Å². The number of hydrogen-bond acceptors (Lipinski definition) is 25. The van der Waals surface area contributed by atoms with Crippen LogP contribution in [0.1, 0.15) is 220 Å². The summed E-state index contributed by atoms with van der Waals surface area (Å²) in [5.74, 6) is -0.626. The fourth-order valence-corrected chi connectivity index (χ4v) is 23.1. The van der Waals surface area contributed by atoms with Crippen LogP contribution < -0.4 is 32.1 Å². The SMILES string of the molecule is Cc1cc(Cl)nc(C)c1C(=O)NCC[C@@H](C)N1CCC(N(Cc2ccsc2)C(=O)CC#N)CC1.Cc1cc(Cl)nc(C)c1C(=O)NCC[C@@H](C)N1CCC(N(Cc2ccsc2)C(=O)CN2CCOC2=O)CC1.Cc1cc(Cl)nc(C)c1C(=O)NCC[C@@H](C)N1CCC(N(Cc2ccsc2)C(=O)N=c2ccn(O)cc2)CC1.Cc1cc(Cl)nc(C)c1C(=O)NCC[C@@H](C)N1CCC(N(Cc2ccsc2)C(=O)NO)CC1. The van der Waals surface area contributed by atoms with Crippen molar-refractivity contribution in [3.8, 4) is 6.07 Å². The summed E-state index contributed by atoms with van der Waals surface area (Å²) in [5.41, 5.74) is 14.3. The van der Waals surface area contributed by atoms with Gasteiger partial charge in [0.15, 0.2) is 0 Å². The van der Waals surface area contributed by atoms with E-state index in [2.05, 4.69) is 110 Å². The third kappa shape index (κ3) is 33.5. The second-order valence-electron chi connectivity index (χ2n) is 37.5. The van der Waals surface area contributed by atoms with Gasteiger partial charge in [0, 0.05) is 165 Å². The number of nitrogens with zero attached hydrogens (tertiary/aromatic N) is 16. The van der Waals surface area contributed by atoms with E-state index in [1.54, 1.807) is 120 Å². The van der Waals surface area contributed by atoms with Crippen molar-refractivity contribution >= 4 is 145 Å². The van der Waals surface area contributed by atoms with Crippen molar-refractivity contribution in [3.63, 3.8) is 0 Å². The number of hydroxylamine groups is 1. The molecule has 5 aliphatic heterocycles. The molecule has 0 bridgehead atoms. The molecule has 0 aromatic carbocycles. The summed E-state index contributed by atoms with van der Waals surface area (Å²) < 4.78 is 5.93. The second-order valence-corrected chi connectivity index (χ2v) is 42.1. The topological polar surface area (TPSA) is 385 Å². The summed E-state index contributed by atoms with van der Waals surface area (Å²) >= 11 is 30.4. The second kappa shape index (κ2) is 56.4. The van der Waals surface area contributed by atoms with E-state index in [-0.39, 0.29) is 84.6 Å². The van der Waals surface area contributed by atoms with E-state index >= 15 is 0 Å². The Morgan fingerprint density at radius 2 is 0.743 bits per heavy atom. The van der Waals surface area contributed by atoms with Crippen molar-refractivity contribution in [2.75, 3.05) is 98.2 Å². The Hall–Kier alpha value is -10.6. The molecule has 33 nitrogen and oxygen atoms in total. The van der Waals surface area contributed by atoms with Crippen LogP contribution in [0.15, 0.2) is 121 Å². The van der Waals surface area contributed by atoms with Crippen LogP contribution in [0.4, 0.5) is 14.4 Å². The van der Waals surface area contributed by atoms with Crippen molar-refractivity contribution in [2.24, 2.45) is 4.99 Å². The van der Waals surface area contributed by atoms with Gasteiger partial charge in [0.2, 0.25) is 11.8 Å². The molecule has 41 heteroatoms. The van der Waals surface area contributed by atoms with E-state index < -0.39 is 12.1 Å². The largest absolute Gasteiger partial charge is 0.448 e. The Bertz CT molecular complexity index is 5750. The fraction of sp³-hybridized carbons (Fsp3) is 0.505. The third-order valence-electron chi connectivity index (χ3n) is 27.4. The number of carbonyl (C=O) groups is 9. The number of cyclic esters (lactones) is 1. The van der Waals surface area contributed by atoms with Gasteiger partial charge in [-0.2, -0.15) is 55.6 Å². The minimum atomic E-state index is -0.460. The highest BCUT2D eigenvalue weighted by Crippen LogP contribution is 2.31. The van der Waals surface area contributed by atoms with E-state index in [0.717, 1.165) is 179 Å². The van der Waals surface area contributed by atoms with Crippen molar-refractivity contribution < 1.29 is 58.3 Å². The molecular weight excluding hydrogens is 1990 g/mol. The van der Waals surface area contributed by atoms with Crippen LogP contribution in [0.25, 0.3) is 0 Å². The summed E-state index contributed by atoms with van der Waals surface area (Å²) in [6, 6.07) is 21.0. The molecule has 14 heterocycles. The third-order valence-corrected chi connectivity index (χ3v) is 31.1. The zero-order valence-electron chi connectivity index (χ0n) is 84.1. The predicted molar refractivity (Wildman–Crippen MR) is 564 cm³/mol. The maximum Gasteiger partial charge on any atom is 0.410 e. The Labute approximate surface area is 880 Å². The van der Waals surface area contributed by atoms with E-state index in [1.807, 2.05) is 99.6 Å². The number of aryl methyl sites for hydroxylation is 8. The first-order chi connectivity index (χ1) is 69.0. The lowest BCUT2D eigenvalue weighted by Crippen LogP contribution is -2.51. The van der Waals surface area contributed by atoms with Crippen LogP contribution in [0, 0.1) is 66.7 Å². The predicted octanol–water partition coefficient (Wildman–Crippen LogP) is 16.8. The lowest BCUT2D eigenvalue weighted by molar-refractivity contribution is -0.136. The van der Waals surface area contributed by atoms with E-state index in [0.29, 0.717) is 155 Å². The number of rotatable bonds is 35. The number of halogens is 4. The molecule has 7 N–H and O–H groups in total. The van der Waals surface area contributed by atoms with Gasteiger partial charge in [-0.1, -0.05) is 46.4 Å². The molecule has 4 atom stereocenters. The highest BCUT2D eigenvalue weighted by atomic mass is 35.5. The number of pyridine rings is 5. The molecule has 0 aliphatic carbocycles. The van der Waals surface area contributed by atoms with Crippen molar-refractivity contribution in [2.45, 2.75) is 241 Å². The zero-order chi connectivity index (χ0) is 104. The molecule has 0 spiro atoms. The lowest BCUT2D eigenvalue weighted by atomic mass is 10.00. The molecule has 0 saturated carbocycles. The number of aromatic nitrogens is 5. The summed E-state index contributed by atoms with van der Waals surface area (Å²) in [6.07, 6.45) is 12.6. The maximum absolute atomic E-state index is 13.3. The molecular formula is C103H135Cl4N21O12S4. The number of nitrogens with one attached hydrogen (secondary N) is 5. The van der Waals surface area contributed by atoms with E-state index in [9.17, 15) is 53.6 Å². The highest BCUT2D eigenvalue weighted by Gasteiger charge is 2.37. The molecule has 14 rings (SSSR count). The van der Waals surface area contributed by atoms with Crippen LogP contribution >= 0.6 is 91.8 Å². The number of hydrogen-bond donors (Lipinski definition) is 7. The minimum absolute atomic E-state index is 0.0356. The fourth-order valence-electron chi connectivity index (χ4n) is 19.3. The minimum Gasteiger partial charge on any atom is -0.448 e. The monoisotopic (exact) mass is 2130 g/mol. The summed E-state index contributed by atoms with van der Waals surface area (Å²) in [5, 5.41) is 58.1. The zero-order valence-corrected chi connectivity index (χ0v) is 90.4. The molecule has 5 fully saturated rings. The van der Waals surface area contributed by atoms with E-state index in [1.165, 1.54) is 17.3 Å². The van der Waals surface area contributed by atoms with Gasteiger partial charge in [0.05, 0.1) is 63.0 Å². The molecule has 0 radical (unpaired) electrons. The Balaban J connectivity index is 0.000000183. The first kappa shape index (κ1) is 114. The first-order valence-corrected chi connectivity index (χ1v) is 54.3. The average molecular weight is 2130 g/mol. The molecule has 9 aromatic rings. The lowest BCUT2D eigenvalue weighted by Gasteiger charge is -2.41. The molecule has 5 aliphatic rings. The first-order valence-electron chi connectivity index (χ1n) is 49.0. The normalized spacial score (nSPS) is 15.9. The highest BCUT2D eigenvalue weighted by molar-refractivity contribution is 7.08. The average Bonchev–Trinajstić information content (AvgIpc) is 1.58. The van der Waals surface area contributed by atoms with Crippen LogP contribution in [0.3, 0.4) is 0 Å². The Morgan fingerprint density at radius 1 is 0.451 bits per heavy atom. The molecule has 11 amide bonds. The number of carbonyl (C=O) groups excluding carboxylic acids is 9. The number of nitriles is 1. The smallest absolute Gasteiger partial charge is 0.410 e. The number of likely N-dealkylation sites (tertiary alicyclic amines) is 4. The summed E-state index contributed by atoms with van der Waals surface area (Å²) in [7, 11) is 0. The molecule has 9 aromatic heterocycles. The summed E-state index contributed by atoms with van der Waals surface area (Å²) in [6.45, 7) is 35.5.